The van der Waals surface area contributed by atoms with Gasteiger partial charge >= 0.3 is 0 Å². The maximum Gasteiger partial charge on any atom is 0.240 e. The first-order valence-electron chi connectivity index (χ1n) is 6.81. The van der Waals surface area contributed by atoms with Crippen molar-refractivity contribution in [1.82, 2.24) is 5.43 Å². The molecule has 20 heavy (non-hydrogen) atoms. The first-order valence-corrected chi connectivity index (χ1v) is 7.18. The molecule has 0 radical (unpaired) electrons. The molecule has 1 N–H and O–H groups in total. The number of carbonyl (C=O) groups excluding carboxylic acids is 1. The standard InChI is InChI=1S/C15H21ClN2O2/c1-4-5-6-15(19)18-17-10-12-7-8-14(13(16)9-12)20-11(2)3/h7-11H,4-6H2,1-3H3,(H,18,19)/b17-10+. The van der Waals surface area contributed by atoms with Crippen molar-refractivity contribution >= 4 is 23.7 Å². The van der Waals surface area contributed by atoms with Gasteiger partial charge in [-0.1, -0.05) is 24.9 Å². The molecule has 0 aliphatic heterocycles. The highest BCUT2D eigenvalue weighted by Crippen LogP contribution is 2.25. The summed E-state index contributed by atoms with van der Waals surface area (Å²) in [6.07, 6.45) is 3.99. The van der Waals surface area contributed by atoms with Crippen LogP contribution in [0, 0.1) is 0 Å². The van der Waals surface area contributed by atoms with Crippen molar-refractivity contribution in [3.63, 3.8) is 0 Å². The second-order valence-corrected chi connectivity index (χ2v) is 5.16. The van der Waals surface area contributed by atoms with Crippen LogP contribution in [0.25, 0.3) is 0 Å². The minimum absolute atomic E-state index is 0.0740. The van der Waals surface area contributed by atoms with E-state index in [0.29, 0.717) is 17.2 Å². The Morgan fingerprint density at radius 3 is 2.85 bits per heavy atom. The number of carbonyl (C=O) groups is 1. The van der Waals surface area contributed by atoms with Gasteiger partial charge in [0.15, 0.2) is 0 Å². The molecule has 5 heteroatoms. The Morgan fingerprint density at radius 1 is 1.50 bits per heavy atom. The van der Waals surface area contributed by atoms with E-state index in [1.807, 2.05) is 26.8 Å². The van der Waals surface area contributed by atoms with E-state index in [1.165, 1.54) is 0 Å². The lowest BCUT2D eigenvalue weighted by atomic mass is 10.2. The maximum absolute atomic E-state index is 11.4. The van der Waals surface area contributed by atoms with E-state index in [0.717, 1.165) is 18.4 Å². The van der Waals surface area contributed by atoms with Crippen LogP contribution in [0.15, 0.2) is 23.3 Å². The number of hydrazone groups is 1. The number of ether oxygens (including phenoxy) is 1. The van der Waals surface area contributed by atoms with Crippen LogP contribution >= 0.6 is 11.6 Å². The van der Waals surface area contributed by atoms with Crippen molar-refractivity contribution in [3.8, 4) is 5.75 Å². The zero-order valence-corrected chi connectivity index (χ0v) is 12.9. The number of benzene rings is 1. The second-order valence-electron chi connectivity index (χ2n) is 4.75. The first kappa shape index (κ1) is 16.5. The van der Waals surface area contributed by atoms with Crippen molar-refractivity contribution < 1.29 is 9.53 Å². The molecule has 1 aromatic rings. The monoisotopic (exact) mass is 296 g/mol. The third-order valence-corrected chi connectivity index (χ3v) is 2.77. The van der Waals surface area contributed by atoms with Gasteiger partial charge in [-0.15, -0.1) is 0 Å². The molecule has 0 bridgehead atoms. The van der Waals surface area contributed by atoms with Gasteiger partial charge in [-0.05, 0) is 44.0 Å². The van der Waals surface area contributed by atoms with E-state index >= 15 is 0 Å². The van der Waals surface area contributed by atoms with Gasteiger partial charge < -0.3 is 4.74 Å². The lowest BCUT2D eigenvalue weighted by molar-refractivity contribution is -0.121. The Balaban J connectivity index is 2.56. The molecule has 0 spiro atoms. The van der Waals surface area contributed by atoms with Gasteiger partial charge in [0.1, 0.15) is 5.75 Å². The number of hydrogen-bond acceptors (Lipinski definition) is 3. The van der Waals surface area contributed by atoms with E-state index in [1.54, 1.807) is 18.3 Å². The molecule has 1 rings (SSSR count). The normalized spacial score (nSPS) is 11.1. The molecular weight excluding hydrogens is 276 g/mol. The molecule has 0 fully saturated rings. The molecule has 110 valence electrons. The van der Waals surface area contributed by atoms with E-state index in [4.69, 9.17) is 16.3 Å². The smallest absolute Gasteiger partial charge is 0.240 e. The summed E-state index contributed by atoms with van der Waals surface area (Å²) in [7, 11) is 0. The van der Waals surface area contributed by atoms with Crippen LogP contribution in [0.4, 0.5) is 0 Å². The average Bonchev–Trinajstić information content (AvgIpc) is 2.39. The highest BCUT2D eigenvalue weighted by molar-refractivity contribution is 6.32. The van der Waals surface area contributed by atoms with Crippen LogP contribution in [0.1, 0.15) is 45.6 Å². The predicted molar refractivity (Wildman–Crippen MR) is 82.5 cm³/mol. The number of hydrogen-bond donors (Lipinski definition) is 1. The SMILES string of the molecule is CCCCC(=O)N/N=C/c1ccc(OC(C)C)c(Cl)c1. The largest absolute Gasteiger partial charge is 0.489 e. The fourth-order valence-electron chi connectivity index (χ4n) is 1.52. The molecule has 0 saturated carbocycles. The number of amides is 1. The summed E-state index contributed by atoms with van der Waals surface area (Å²) in [5.41, 5.74) is 3.30. The van der Waals surface area contributed by atoms with Crippen molar-refractivity contribution in [2.24, 2.45) is 5.10 Å². The number of nitrogens with one attached hydrogen (secondary N) is 1. The van der Waals surface area contributed by atoms with E-state index < -0.39 is 0 Å². The summed E-state index contributed by atoms with van der Waals surface area (Å²) in [6.45, 7) is 5.92. The van der Waals surface area contributed by atoms with E-state index in [9.17, 15) is 4.79 Å². The van der Waals surface area contributed by atoms with Gasteiger partial charge in [-0.2, -0.15) is 5.10 Å². The fourth-order valence-corrected chi connectivity index (χ4v) is 1.75. The van der Waals surface area contributed by atoms with Gasteiger partial charge in [-0.3, -0.25) is 4.79 Å². The highest BCUT2D eigenvalue weighted by atomic mass is 35.5. The molecule has 0 heterocycles. The highest BCUT2D eigenvalue weighted by Gasteiger charge is 2.04. The van der Waals surface area contributed by atoms with Crippen LogP contribution < -0.4 is 10.2 Å². The summed E-state index contributed by atoms with van der Waals surface area (Å²) >= 11 is 6.11. The van der Waals surface area contributed by atoms with Crippen LogP contribution in [0.5, 0.6) is 5.75 Å². The summed E-state index contributed by atoms with van der Waals surface area (Å²) in [6, 6.07) is 5.38. The molecule has 0 saturated heterocycles. The number of rotatable bonds is 7. The molecule has 4 nitrogen and oxygen atoms in total. The molecule has 0 aliphatic carbocycles. The summed E-state index contributed by atoms with van der Waals surface area (Å²) in [5, 5.41) is 4.43. The van der Waals surface area contributed by atoms with Gasteiger partial charge in [0.2, 0.25) is 5.91 Å². The Morgan fingerprint density at radius 2 is 2.25 bits per heavy atom. The van der Waals surface area contributed by atoms with Gasteiger partial charge in [0, 0.05) is 6.42 Å². The topological polar surface area (TPSA) is 50.7 Å². The lowest BCUT2D eigenvalue weighted by Crippen LogP contribution is -2.16. The fraction of sp³-hybridized carbons (Fsp3) is 0.467. The first-order chi connectivity index (χ1) is 9.52. The molecule has 1 aromatic carbocycles. The van der Waals surface area contributed by atoms with Crippen molar-refractivity contribution in [2.75, 3.05) is 0 Å². The van der Waals surface area contributed by atoms with Crippen LogP contribution in [-0.4, -0.2) is 18.2 Å². The van der Waals surface area contributed by atoms with E-state index in [2.05, 4.69) is 10.5 Å². The van der Waals surface area contributed by atoms with Crippen molar-refractivity contribution in [2.45, 2.75) is 46.1 Å². The quantitative estimate of drug-likeness (QED) is 0.615. The van der Waals surface area contributed by atoms with Crippen LogP contribution in [0.3, 0.4) is 0 Å². The Bertz CT molecular complexity index is 473. The van der Waals surface area contributed by atoms with Gasteiger partial charge in [0.25, 0.3) is 0 Å². The van der Waals surface area contributed by atoms with Crippen molar-refractivity contribution in [3.05, 3.63) is 28.8 Å². The van der Waals surface area contributed by atoms with Crippen LogP contribution in [-0.2, 0) is 4.79 Å². The Hall–Kier alpha value is -1.55. The number of unbranched alkanes of at least 4 members (excludes halogenated alkanes) is 1. The second kappa shape index (κ2) is 8.59. The summed E-state index contributed by atoms with van der Waals surface area (Å²) in [5.74, 6) is 0.569. The minimum atomic E-state index is -0.0750. The average molecular weight is 297 g/mol. The zero-order valence-electron chi connectivity index (χ0n) is 12.1. The Kier molecular flexibility index (Phi) is 7.09. The predicted octanol–water partition coefficient (Wildman–Crippen LogP) is 3.77. The molecular formula is C15H21ClN2O2. The molecule has 1 amide bonds. The Labute approximate surface area is 125 Å². The molecule has 0 aromatic heterocycles. The van der Waals surface area contributed by atoms with Gasteiger partial charge in [0.05, 0.1) is 17.3 Å². The summed E-state index contributed by atoms with van der Waals surface area (Å²) in [4.78, 5) is 11.4. The third-order valence-electron chi connectivity index (χ3n) is 2.48. The molecule has 0 aliphatic rings. The van der Waals surface area contributed by atoms with Crippen molar-refractivity contribution in [1.29, 1.82) is 0 Å². The minimum Gasteiger partial charge on any atom is -0.489 e. The maximum atomic E-state index is 11.4. The lowest BCUT2D eigenvalue weighted by Gasteiger charge is -2.11. The molecule has 0 unspecified atom stereocenters. The van der Waals surface area contributed by atoms with E-state index in [-0.39, 0.29) is 12.0 Å². The van der Waals surface area contributed by atoms with Gasteiger partial charge in [-0.25, -0.2) is 5.43 Å². The number of halogens is 1. The molecule has 0 atom stereocenters. The summed E-state index contributed by atoms with van der Waals surface area (Å²) < 4.78 is 5.54. The zero-order chi connectivity index (χ0) is 15.0. The third kappa shape index (κ3) is 6.06. The number of nitrogens with zero attached hydrogens (tertiary/aromatic N) is 1. The van der Waals surface area contributed by atoms with Crippen LogP contribution in [0.2, 0.25) is 5.02 Å².